The highest BCUT2D eigenvalue weighted by atomic mass is 15.6. The van der Waals surface area contributed by atoms with Crippen LogP contribution in [0, 0.1) is 0 Å². The molecule has 5 heteroatoms. The topological polar surface area (TPSA) is 55.6 Å². The van der Waals surface area contributed by atoms with E-state index in [0.717, 1.165) is 12.1 Å². The summed E-state index contributed by atoms with van der Waals surface area (Å²) in [5.41, 5.74) is 1.01. The van der Waals surface area contributed by atoms with Crippen LogP contribution in [0.25, 0.3) is 0 Å². The Bertz CT molecular complexity index is 552. The molecule has 0 aliphatic rings. The number of nitrogens with one attached hydrogen (secondary N) is 1. The lowest BCUT2D eigenvalue weighted by Gasteiger charge is -2.14. The molecular formula is C19H31N5. The minimum Gasteiger partial charge on any atom is -0.323 e. The Morgan fingerprint density at radius 1 is 0.958 bits per heavy atom. The monoisotopic (exact) mass is 329 g/mol. The fourth-order valence-corrected chi connectivity index (χ4v) is 2.92. The van der Waals surface area contributed by atoms with Crippen LogP contribution >= 0.6 is 0 Å². The van der Waals surface area contributed by atoms with Gasteiger partial charge in [-0.2, -0.15) is 0 Å². The lowest BCUT2D eigenvalue weighted by molar-refractivity contribution is 0.427. The molecule has 1 N–H and O–H groups in total. The van der Waals surface area contributed by atoms with Gasteiger partial charge in [0, 0.05) is 5.69 Å². The fraction of sp³-hybridized carbons (Fsp3) is 0.632. The molecule has 0 aliphatic heterocycles. The second kappa shape index (κ2) is 10.8. The van der Waals surface area contributed by atoms with Crippen LogP contribution in [0.15, 0.2) is 30.3 Å². The molecule has 0 spiro atoms. The normalized spacial score (nSPS) is 12.2. The van der Waals surface area contributed by atoms with Crippen molar-refractivity contribution in [1.29, 1.82) is 0 Å². The van der Waals surface area contributed by atoms with Crippen LogP contribution in [0.1, 0.15) is 77.7 Å². The van der Waals surface area contributed by atoms with E-state index in [-0.39, 0.29) is 0 Å². The first kappa shape index (κ1) is 18.4. The SMILES string of the molecule is CCCCCCCCCCC(C)n1nnnc1Nc1ccccc1. The molecule has 1 unspecified atom stereocenters. The van der Waals surface area contributed by atoms with Gasteiger partial charge in [0.15, 0.2) is 0 Å². The highest BCUT2D eigenvalue weighted by molar-refractivity contribution is 5.52. The average Bonchev–Trinajstić information content (AvgIpc) is 3.06. The van der Waals surface area contributed by atoms with Gasteiger partial charge in [-0.3, -0.25) is 0 Å². The maximum absolute atomic E-state index is 4.15. The van der Waals surface area contributed by atoms with Crippen molar-refractivity contribution in [2.24, 2.45) is 0 Å². The first-order valence-corrected chi connectivity index (χ1v) is 9.41. The largest absolute Gasteiger partial charge is 0.323 e. The number of hydrogen-bond donors (Lipinski definition) is 1. The van der Waals surface area contributed by atoms with Gasteiger partial charge in [0.2, 0.25) is 5.95 Å². The van der Waals surface area contributed by atoms with E-state index in [9.17, 15) is 0 Å². The van der Waals surface area contributed by atoms with E-state index in [1.54, 1.807) is 0 Å². The molecule has 0 bridgehead atoms. The Hall–Kier alpha value is -1.91. The molecular weight excluding hydrogens is 298 g/mol. The van der Waals surface area contributed by atoms with E-state index in [0.29, 0.717) is 12.0 Å². The number of rotatable bonds is 12. The zero-order valence-electron chi connectivity index (χ0n) is 15.1. The van der Waals surface area contributed by atoms with Crippen molar-refractivity contribution >= 4 is 11.6 Å². The van der Waals surface area contributed by atoms with E-state index < -0.39 is 0 Å². The summed E-state index contributed by atoms with van der Waals surface area (Å²) in [4.78, 5) is 0. The molecule has 2 rings (SSSR count). The van der Waals surface area contributed by atoms with Crippen molar-refractivity contribution in [3.05, 3.63) is 30.3 Å². The molecule has 132 valence electrons. The molecule has 0 amide bonds. The standard InChI is InChI=1S/C19H31N5/c1-3-4-5-6-7-8-9-11-14-17(2)24-19(21-22-23-24)20-18-15-12-10-13-16-18/h10,12-13,15-17H,3-9,11,14H2,1-2H3,(H,20,21,23). The number of unbranched alkanes of at least 4 members (excludes halogenated alkanes) is 7. The Kier molecular flexibility index (Phi) is 8.28. The molecule has 1 aromatic heterocycles. The van der Waals surface area contributed by atoms with Crippen molar-refractivity contribution < 1.29 is 0 Å². The maximum atomic E-state index is 4.15. The van der Waals surface area contributed by atoms with Gasteiger partial charge < -0.3 is 5.32 Å². The molecule has 24 heavy (non-hydrogen) atoms. The number of para-hydroxylation sites is 1. The number of benzene rings is 1. The van der Waals surface area contributed by atoms with Gasteiger partial charge in [-0.25, -0.2) is 4.68 Å². The third kappa shape index (κ3) is 6.30. The Balaban J connectivity index is 1.69. The van der Waals surface area contributed by atoms with Crippen molar-refractivity contribution in [3.8, 4) is 0 Å². The van der Waals surface area contributed by atoms with Crippen molar-refractivity contribution in [3.63, 3.8) is 0 Å². The predicted molar refractivity (Wildman–Crippen MR) is 99.5 cm³/mol. The van der Waals surface area contributed by atoms with E-state index in [4.69, 9.17) is 0 Å². The second-order valence-corrected chi connectivity index (χ2v) is 6.55. The summed E-state index contributed by atoms with van der Waals surface area (Å²) in [7, 11) is 0. The molecule has 0 fully saturated rings. The lowest BCUT2D eigenvalue weighted by atomic mass is 10.1. The van der Waals surface area contributed by atoms with Gasteiger partial charge in [0.25, 0.3) is 0 Å². The van der Waals surface area contributed by atoms with Gasteiger partial charge >= 0.3 is 0 Å². The van der Waals surface area contributed by atoms with E-state index in [1.165, 1.54) is 51.4 Å². The molecule has 2 aromatic rings. The Morgan fingerprint density at radius 3 is 2.33 bits per heavy atom. The van der Waals surface area contributed by atoms with Crippen molar-refractivity contribution in [1.82, 2.24) is 20.2 Å². The van der Waals surface area contributed by atoms with Crippen LogP contribution in [0.5, 0.6) is 0 Å². The van der Waals surface area contributed by atoms with E-state index >= 15 is 0 Å². The quantitative estimate of drug-likeness (QED) is 0.522. The number of nitrogens with zero attached hydrogens (tertiary/aromatic N) is 4. The van der Waals surface area contributed by atoms with E-state index in [1.807, 2.05) is 35.0 Å². The summed E-state index contributed by atoms with van der Waals surface area (Å²) < 4.78 is 1.90. The summed E-state index contributed by atoms with van der Waals surface area (Å²) in [5.74, 6) is 0.716. The molecule has 1 heterocycles. The first-order valence-electron chi connectivity index (χ1n) is 9.41. The van der Waals surface area contributed by atoms with Gasteiger partial charge in [-0.15, -0.1) is 0 Å². The second-order valence-electron chi connectivity index (χ2n) is 6.55. The van der Waals surface area contributed by atoms with Gasteiger partial charge in [-0.1, -0.05) is 81.6 Å². The van der Waals surface area contributed by atoms with Crippen LogP contribution in [0.4, 0.5) is 11.6 Å². The molecule has 0 saturated carbocycles. The number of tetrazole rings is 1. The summed E-state index contributed by atoms with van der Waals surface area (Å²) in [5, 5.41) is 15.4. The summed E-state index contributed by atoms with van der Waals surface area (Å²) >= 11 is 0. The summed E-state index contributed by atoms with van der Waals surface area (Å²) in [6.07, 6.45) is 11.9. The third-order valence-electron chi connectivity index (χ3n) is 4.42. The van der Waals surface area contributed by atoms with Crippen LogP contribution in [-0.4, -0.2) is 20.2 Å². The van der Waals surface area contributed by atoms with Crippen LogP contribution in [0.3, 0.4) is 0 Å². The van der Waals surface area contributed by atoms with Gasteiger partial charge in [0.05, 0.1) is 6.04 Å². The van der Waals surface area contributed by atoms with Crippen molar-refractivity contribution in [2.75, 3.05) is 5.32 Å². The average molecular weight is 329 g/mol. The summed E-state index contributed by atoms with van der Waals surface area (Å²) in [6, 6.07) is 10.3. The number of hydrogen-bond acceptors (Lipinski definition) is 4. The summed E-state index contributed by atoms with van der Waals surface area (Å²) in [6.45, 7) is 4.45. The minimum atomic E-state index is 0.311. The maximum Gasteiger partial charge on any atom is 0.247 e. The van der Waals surface area contributed by atoms with Crippen LogP contribution < -0.4 is 5.32 Å². The highest BCUT2D eigenvalue weighted by Crippen LogP contribution is 2.20. The van der Waals surface area contributed by atoms with Crippen LogP contribution in [0.2, 0.25) is 0 Å². The zero-order chi connectivity index (χ0) is 17.0. The Labute approximate surface area is 145 Å². The smallest absolute Gasteiger partial charge is 0.247 e. The van der Waals surface area contributed by atoms with Gasteiger partial charge in [0.1, 0.15) is 0 Å². The molecule has 0 radical (unpaired) electrons. The fourth-order valence-electron chi connectivity index (χ4n) is 2.92. The predicted octanol–water partition coefficient (Wildman–Crippen LogP) is 5.51. The first-order chi connectivity index (χ1) is 11.8. The van der Waals surface area contributed by atoms with Gasteiger partial charge in [-0.05, 0) is 35.9 Å². The third-order valence-corrected chi connectivity index (χ3v) is 4.42. The molecule has 0 aliphatic carbocycles. The lowest BCUT2D eigenvalue weighted by Crippen LogP contribution is -2.11. The van der Waals surface area contributed by atoms with E-state index in [2.05, 4.69) is 34.7 Å². The Morgan fingerprint density at radius 2 is 1.62 bits per heavy atom. The molecule has 5 nitrogen and oxygen atoms in total. The highest BCUT2D eigenvalue weighted by Gasteiger charge is 2.12. The number of anilines is 2. The minimum absolute atomic E-state index is 0.311. The molecule has 1 aromatic carbocycles. The number of aromatic nitrogens is 4. The zero-order valence-corrected chi connectivity index (χ0v) is 15.1. The van der Waals surface area contributed by atoms with Crippen molar-refractivity contribution in [2.45, 2.75) is 77.7 Å². The molecule has 1 atom stereocenters. The van der Waals surface area contributed by atoms with Crippen LogP contribution in [-0.2, 0) is 0 Å². The molecule has 0 saturated heterocycles.